The van der Waals surface area contributed by atoms with Crippen LogP contribution in [0.4, 0.5) is 17.6 Å². The zero-order valence-corrected chi connectivity index (χ0v) is 8.84. The van der Waals surface area contributed by atoms with E-state index in [4.69, 9.17) is 0 Å². The smallest absolute Gasteiger partial charge is 0.207 e. The maximum atomic E-state index is 12.9. The summed E-state index contributed by atoms with van der Waals surface area (Å²) in [4.78, 5) is 0. The molecule has 1 rings (SSSR count). The number of alkyl halides is 4. The van der Waals surface area contributed by atoms with E-state index >= 15 is 0 Å². The highest BCUT2D eigenvalue weighted by atomic mass is 79.9. The maximum Gasteiger partial charge on any atom is 0.417 e. The molecule has 78 valence electrons. The van der Waals surface area contributed by atoms with Gasteiger partial charge in [-0.05, 0) is 24.1 Å². The van der Waals surface area contributed by atoms with E-state index < -0.39 is 17.6 Å². The number of rotatable bonds is 1. The molecule has 0 aliphatic rings. The molecule has 0 aliphatic heterocycles. The van der Waals surface area contributed by atoms with Crippen molar-refractivity contribution in [2.75, 3.05) is 0 Å². The van der Waals surface area contributed by atoms with Gasteiger partial charge in [-0.15, -0.1) is 0 Å². The summed E-state index contributed by atoms with van der Waals surface area (Å²) in [6.07, 6.45) is -4.50. The lowest BCUT2D eigenvalue weighted by Crippen LogP contribution is -2.12. The molecule has 0 N–H and O–H groups in total. The summed E-state index contributed by atoms with van der Waals surface area (Å²) >= 11 is 2.94. The van der Waals surface area contributed by atoms with E-state index in [0.29, 0.717) is 0 Å². The van der Waals surface area contributed by atoms with E-state index in [1.165, 1.54) is 0 Å². The van der Waals surface area contributed by atoms with Crippen LogP contribution in [0.2, 0.25) is 0 Å². The molecule has 0 amide bonds. The maximum absolute atomic E-state index is 12.9. The Balaban J connectivity index is 3.44. The highest BCUT2D eigenvalue weighted by molar-refractivity contribution is 9.08. The van der Waals surface area contributed by atoms with Gasteiger partial charge in [0.05, 0.1) is 5.56 Å². The molecule has 14 heavy (non-hydrogen) atoms. The third-order valence-electron chi connectivity index (χ3n) is 1.91. The minimum absolute atomic E-state index is 0.0522. The molecule has 0 unspecified atom stereocenters. The van der Waals surface area contributed by atoms with Crippen molar-refractivity contribution in [3.8, 4) is 0 Å². The minimum Gasteiger partial charge on any atom is -0.207 e. The van der Waals surface area contributed by atoms with Crippen molar-refractivity contribution in [3.05, 3.63) is 34.6 Å². The van der Waals surface area contributed by atoms with Crippen molar-refractivity contribution in [2.45, 2.75) is 18.4 Å². The first-order valence-corrected chi connectivity index (χ1v) is 4.91. The summed E-state index contributed by atoms with van der Waals surface area (Å²) in [5, 5.41) is 0.0585. The highest BCUT2D eigenvalue weighted by Gasteiger charge is 2.35. The summed E-state index contributed by atoms with van der Waals surface area (Å²) in [5.74, 6) is -0.831. The van der Waals surface area contributed by atoms with Gasteiger partial charge in [-0.3, -0.25) is 0 Å². The second-order valence-corrected chi connectivity index (χ2v) is 3.40. The Morgan fingerprint density at radius 3 is 2.29 bits per heavy atom. The summed E-state index contributed by atoms with van der Waals surface area (Å²) in [7, 11) is 0. The summed E-state index contributed by atoms with van der Waals surface area (Å²) in [5.41, 5.74) is -1.18. The fourth-order valence-electron chi connectivity index (χ4n) is 1.25. The summed E-state index contributed by atoms with van der Waals surface area (Å²) in [6.45, 7) is 1.13. The van der Waals surface area contributed by atoms with Crippen LogP contribution in [0.1, 0.15) is 16.7 Å². The van der Waals surface area contributed by atoms with Crippen molar-refractivity contribution in [2.24, 2.45) is 0 Å². The van der Waals surface area contributed by atoms with E-state index in [2.05, 4.69) is 15.9 Å². The Hall–Kier alpha value is -0.580. The average Bonchev–Trinajstić information content (AvgIpc) is 2.07. The number of halogens is 5. The van der Waals surface area contributed by atoms with Crippen LogP contribution in [0.25, 0.3) is 0 Å². The predicted molar refractivity (Wildman–Crippen MR) is 48.8 cm³/mol. The molecule has 0 saturated heterocycles. The third-order valence-corrected chi connectivity index (χ3v) is 2.52. The fourth-order valence-corrected chi connectivity index (χ4v) is 1.72. The Kier molecular flexibility index (Phi) is 3.19. The first-order chi connectivity index (χ1) is 6.38. The van der Waals surface area contributed by atoms with Crippen molar-refractivity contribution in [1.82, 2.24) is 0 Å². The fraction of sp³-hybridized carbons (Fsp3) is 0.333. The van der Waals surface area contributed by atoms with Gasteiger partial charge in [-0.2, -0.15) is 13.2 Å². The van der Waals surface area contributed by atoms with Crippen molar-refractivity contribution < 1.29 is 17.6 Å². The van der Waals surface area contributed by atoms with Crippen LogP contribution < -0.4 is 0 Å². The van der Waals surface area contributed by atoms with Gasteiger partial charge in [0.2, 0.25) is 0 Å². The van der Waals surface area contributed by atoms with Crippen LogP contribution in [0.3, 0.4) is 0 Å². The monoisotopic (exact) mass is 270 g/mol. The van der Waals surface area contributed by atoms with E-state index in [0.717, 1.165) is 19.1 Å². The van der Waals surface area contributed by atoms with E-state index in [9.17, 15) is 17.6 Å². The van der Waals surface area contributed by atoms with Crippen LogP contribution in [0, 0.1) is 12.7 Å². The van der Waals surface area contributed by atoms with Gasteiger partial charge < -0.3 is 0 Å². The van der Waals surface area contributed by atoms with E-state index in [1.807, 2.05) is 0 Å². The Morgan fingerprint density at radius 2 is 1.86 bits per heavy atom. The van der Waals surface area contributed by atoms with Crippen LogP contribution in [-0.2, 0) is 11.5 Å². The molecule has 0 bridgehead atoms. The van der Waals surface area contributed by atoms with E-state index in [-0.39, 0.29) is 16.5 Å². The molecule has 1 aromatic rings. The van der Waals surface area contributed by atoms with Crippen molar-refractivity contribution >= 4 is 15.9 Å². The molecule has 0 spiro atoms. The summed E-state index contributed by atoms with van der Waals surface area (Å²) < 4.78 is 50.4. The molecule has 0 aliphatic carbocycles. The lowest BCUT2D eigenvalue weighted by atomic mass is 10.0. The third kappa shape index (κ3) is 2.08. The Labute approximate surface area is 87.1 Å². The lowest BCUT2D eigenvalue weighted by molar-refractivity contribution is -0.138. The molecule has 0 radical (unpaired) electrons. The largest absolute Gasteiger partial charge is 0.417 e. The predicted octanol–water partition coefficient (Wildman–Crippen LogP) is 4.05. The molecular weight excluding hydrogens is 264 g/mol. The summed E-state index contributed by atoms with van der Waals surface area (Å²) in [6, 6.07) is 2.18. The molecule has 0 aromatic heterocycles. The van der Waals surface area contributed by atoms with Gasteiger partial charge in [0, 0.05) is 5.33 Å². The Morgan fingerprint density at radius 1 is 1.29 bits per heavy atom. The average molecular weight is 271 g/mol. The molecule has 1 aromatic carbocycles. The standard InChI is InChI=1S/C9H7BrF4/c1-5-7(11)3-2-6(4-10)8(5)9(12,13)14/h2-3H,4H2,1H3. The first kappa shape index (κ1) is 11.5. The molecule has 5 heteroatoms. The van der Waals surface area contributed by atoms with Crippen LogP contribution in [0.15, 0.2) is 12.1 Å². The number of hydrogen-bond donors (Lipinski definition) is 0. The van der Waals surface area contributed by atoms with Crippen molar-refractivity contribution in [3.63, 3.8) is 0 Å². The molecule has 0 saturated carbocycles. The quantitative estimate of drug-likeness (QED) is 0.534. The second kappa shape index (κ2) is 3.88. The Bertz CT molecular complexity index is 343. The molecule has 0 heterocycles. The number of benzene rings is 1. The molecular formula is C9H7BrF4. The minimum atomic E-state index is -4.50. The van der Waals surface area contributed by atoms with Crippen molar-refractivity contribution in [1.29, 1.82) is 0 Å². The van der Waals surface area contributed by atoms with Gasteiger partial charge in [-0.1, -0.05) is 22.0 Å². The van der Waals surface area contributed by atoms with Gasteiger partial charge in [0.25, 0.3) is 0 Å². The topological polar surface area (TPSA) is 0 Å². The second-order valence-electron chi connectivity index (χ2n) is 2.84. The molecule has 0 nitrogen and oxygen atoms in total. The van der Waals surface area contributed by atoms with Gasteiger partial charge >= 0.3 is 6.18 Å². The highest BCUT2D eigenvalue weighted by Crippen LogP contribution is 2.36. The normalized spacial score (nSPS) is 11.9. The van der Waals surface area contributed by atoms with Gasteiger partial charge in [-0.25, -0.2) is 4.39 Å². The lowest BCUT2D eigenvalue weighted by Gasteiger charge is -2.14. The first-order valence-electron chi connectivity index (χ1n) is 3.79. The zero-order chi connectivity index (χ0) is 10.9. The van der Waals surface area contributed by atoms with Crippen LogP contribution in [-0.4, -0.2) is 0 Å². The SMILES string of the molecule is Cc1c(F)ccc(CBr)c1C(F)(F)F. The zero-order valence-electron chi connectivity index (χ0n) is 7.25. The molecule has 0 atom stereocenters. The number of hydrogen-bond acceptors (Lipinski definition) is 0. The van der Waals surface area contributed by atoms with E-state index in [1.54, 1.807) is 0 Å². The van der Waals surface area contributed by atoms with Gasteiger partial charge in [0.15, 0.2) is 0 Å². The van der Waals surface area contributed by atoms with Crippen LogP contribution >= 0.6 is 15.9 Å². The van der Waals surface area contributed by atoms with Gasteiger partial charge in [0.1, 0.15) is 5.82 Å². The van der Waals surface area contributed by atoms with Crippen LogP contribution in [0.5, 0.6) is 0 Å². The molecule has 0 fully saturated rings.